The van der Waals surface area contributed by atoms with Crippen molar-refractivity contribution < 1.29 is 5.11 Å². The molecule has 2 N–H and O–H groups in total. The first-order valence-corrected chi connectivity index (χ1v) is 6.43. The summed E-state index contributed by atoms with van der Waals surface area (Å²) in [5.41, 5.74) is 1.56. The van der Waals surface area contributed by atoms with E-state index in [1.165, 1.54) is 0 Å². The fraction of sp³-hybridized carbons (Fsp3) is 0.583. The van der Waals surface area contributed by atoms with Gasteiger partial charge in [0.2, 0.25) is 0 Å². The fourth-order valence-corrected chi connectivity index (χ4v) is 3.49. The number of anilines is 1. The lowest BCUT2D eigenvalue weighted by Gasteiger charge is -2.27. The summed E-state index contributed by atoms with van der Waals surface area (Å²) in [6, 6.07) is 0.214. The molecule has 0 spiro atoms. The Morgan fingerprint density at radius 2 is 2.17 bits per heavy atom. The summed E-state index contributed by atoms with van der Waals surface area (Å²) in [6.07, 6.45) is 6.13. The van der Waals surface area contributed by atoms with Crippen LogP contribution in [-0.4, -0.2) is 43.7 Å². The van der Waals surface area contributed by atoms with Crippen molar-refractivity contribution in [3.05, 3.63) is 12.7 Å². The van der Waals surface area contributed by atoms with Gasteiger partial charge < -0.3 is 15.0 Å². The summed E-state index contributed by atoms with van der Waals surface area (Å²) in [5, 5.41) is 10.1. The summed E-state index contributed by atoms with van der Waals surface area (Å²) >= 11 is 0. The lowest BCUT2D eigenvalue weighted by atomic mass is 10.0. The summed E-state index contributed by atoms with van der Waals surface area (Å²) in [4.78, 5) is 18.0. The van der Waals surface area contributed by atoms with Crippen molar-refractivity contribution in [3.63, 3.8) is 0 Å². The molecule has 2 aromatic rings. The molecule has 1 saturated heterocycles. The van der Waals surface area contributed by atoms with Crippen LogP contribution in [0.15, 0.2) is 12.7 Å². The van der Waals surface area contributed by atoms with Crippen LogP contribution < -0.4 is 4.90 Å². The molecule has 4 rings (SSSR count). The number of aromatic nitrogens is 4. The van der Waals surface area contributed by atoms with Crippen molar-refractivity contribution in [2.45, 2.75) is 31.4 Å². The third kappa shape index (κ3) is 1.29. The zero-order valence-corrected chi connectivity index (χ0v) is 9.95. The van der Waals surface area contributed by atoms with Gasteiger partial charge in [-0.15, -0.1) is 0 Å². The van der Waals surface area contributed by atoms with Crippen LogP contribution in [0.5, 0.6) is 0 Å². The summed E-state index contributed by atoms with van der Waals surface area (Å²) < 4.78 is 0. The summed E-state index contributed by atoms with van der Waals surface area (Å²) in [6.45, 7) is 0.956. The molecule has 0 unspecified atom stereocenters. The number of H-pyrrole nitrogens is 1. The van der Waals surface area contributed by atoms with Crippen LogP contribution in [0.25, 0.3) is 11.2 Å². The van der Waals surface area contributed by atoms with Gasteiger partial charge in [-0.05, 0) is 25.2 Å². The van der Waals surface area contributed by atoms with E-state index in [2.05, 4.69) is 24.8 Å². The summed E-state index contributed by atoms with van der Waals surface area (Å²) in [5.74, 6) is 1.49. The number of fused-ring (bicyclic) bond motifs is 2. The van der Waals surface area contributed by atoms with E-state index < -0.39 is 0 Å². The zero-order valence-electron chi connectivity index (χ0n) is 9.95. The van der Waals surface area contributed by atoms with Crippen molar-refractivity contribution in [2.75, 3.05) is 11.4 Å². The average molecular weight is 245 g/mol. The lowest BCUT2D eigenvalue weighted by molar-refractivity contribution is 0.160. The number of nitrogens with zero attached hydrogens (tertiary/aromatic N) is 4. The maximum atomic E-state index is 10.1. The maximum Gasteiger partial charge on any atom is 0.182 e. The standard InChI is InChI=1S/C12H15N5O/c18-8-2-1-7-3-4-17(10(7)8)12-9-11(14-5-13-9)15-6-16-12/h5-8,10,18H,1-4H2,(H,13,14,15,16)/t7-,8-,10+/m1/s1. The normalized spacial score (nSPS) is 31.2. The van der Waals surface area contributed by atoms with E-state index in [1.54, 1.807) is 12.7 Å². The van der Waals surface area contributed by atoms with E-state index in [9.17, 15) is 5.11 Å². The lowest BCUT2D eigenvalue weighted by Crippen LogP contribution is -2.39. The van der Waals surface area contributed by atoms with Gasteiger partial charge in [0.05, 0.1) is 18.5 Å². The second-order valence-corrected chi connectivity index (χ2v) is 5.18. The smallest absolute Gasteiger partial charge is 0.182 e. The Bertz CT molecular complexity index is 583. The van der Waals surface area contributed by atoms with Gasteiger partial charge in [0.15, 0.2) is 11.5 Å². The first kappa shape index (κ1) is 10.3. The Morgan fingerprint density at radius 3 is 3.11 bits per heavy atom. The Balaban J connectivity index is 1.81. The second-order valence-electron chi connectivity index (χ2n) is 5.18. The van der Waals surface area contributed by atoms with Gasteiger partial charge in [-0.25, -0.2) is 15.0 Å². The molecule has 3 atom stereocenters. The molecule has 6 nitrogen and oxygen atoms in total. The van der Waals surface area contributed by atoms with Crippen molar-refractivity contribution in [2.24, 2.45) is 5.92 Å². The number of aliphatic hydroxyl groups is 1. The Kier molecular flexibility index (Phi) is 2.08. The molecular formula is C12H15N5O. The number of aromatic amines is 1. The number of nitrogens with one attached hydrogen (secondary N) is 1. The van der Waals surface area contributed by atoms with Crippen LogP contribution in [0.3, 0.4) is 0 Å². The highest BCUT2D eigenvalue weighted by atomic mass is 16.3. The highest BCUT2D eigenvalue weighted by molar-refractivity contribution is 5.83. The molecule has 0 amide bonds. The first-order chi connectivity index (χ1) is 8.84. The van der Waals surface area contributed by atoms with Crippen LogP contribution in [0.2, 0.25) is 0 Å². The number of imidazole rings is 1. The van der Waals surface area contributed by atoms with Gasteiger partial charge in [-0.2, -0.15) is 0 Å². The average Bonchev–Trinajstić information content (AvgIpc) is 3.06. The number of aliphatic hydroxyl groups excluding tert-OH is 1. The maximum absolute atomic E-state index is 10.1. The van der Waals surface area contributed by atoms with E-state index in [4.69, 9.17) is 0 Å². The topological polar surface area (TPSA) is 77.9 Å². The number of hydrogen-bond donors (Lipinski definition) is 2. The molecule has 0 bridgehead atoms. The van der Waals surface area contributed by atoms with E-state index in [0.717, 1.165) is 37.1 Å². The van der Waals surface area contributed by atoms with Gasteiger partial charge in [-0.3, -0.25) is 0 Å². The van der Waals surface area contributed by atoms with E-state index in [-0.39, 0.29) is 12.1 Å². The number of hydrogen-bond acceptors (Lipinski definition) is 5. The van der Waals surface area contributed by atoms with Crippen LogP contribution >= 0.6 is 0 Å². The summed E-state index contributed by atoms with van der Waals surface area (Å²) in [7, 11) is 0. The zero-order chi connectivity index (χ0) is 12.1. The Labute approximate surface area is 104 Å². The van der Waals surface area contributed by atoms with Gasteiger partial charge in [0.1, 0.15) is 11.8 Å². The predicted molar refractivity (Wildman–Crippen MR) is 66.2 cm³/mol. The van der Waals surface area contributed by atoms with E-state index in [1.807, 2.05) is 0 Å². The van der Waals surface area contributed by atoms with E-state index in [0.29, 0.717) is 11.6 Å². The van der Waals surface area contributed by atoms with Crippen molar-refractivity contribution in [3.8, 4) is 0 Å². The molecule has 1 aliphatic heterocycles. The minimum absolute atomic E-state index is 0.214. The Hall–Kier alpha value is -1.69. The highest BCUT2D eigenvalue weighted by Crippen LogP contribution is 2.40. The Morgan fingerprint density at radius 1 is 1.22 bits per heavy atom. The molecule has 94 valence electrons. The minimum atomic E-state index is -0.231. The van der Waals surface area contributed by atoms with Crippen molar-refractivity contribution >= 4 is 17.0 Å². The quantitative estimate of drug-likeness (QED) is 0.773. The molecule has 2 fully saturated rings. The van der Waals surface area contributed by atoms with Crippen LogP contribution in [0.4, 0.5) is 5.82 Å². The highest BCUT2D eigenvalue weighted by Gasteiger charge is 2.44. The van der Waals surface area contributed by atoms with Crippen molar-refractivity contribution in [1.29, 1.82) is 0 Å². The molecule has 2 aromatic heterocycles. The van der Waals surface area contributed by atoms with Crippen LogP contribution in [0, 0.1) is 5.92 Å². The molecule has 0 aromatic carbocycles. The monoisotopic (exact) mass is 245 g/mol. The molecule has 3 heterocycles. The second kappa shape index (κ2) is 3.65. The molecule has 18 heavy (non-hydrogen) atoms. The molecule has 6 heteroatoms. The molecule has 1 saturated carbocycles. The van der Waals surface area contributed by atoms with E-state index >= 15 is 0 Å². The van der Waals surface area contributed by atoms with Crippen LogP contribution in [0.1, 0.15) is 19.3 Å². The molecule has 0 radical (unpaired) electrons. The predicted octanol–water partition coefficient (Wildman–Crippen LogP) is 0.703. The van der Waals surface area contributed by atoms with Crippen LogP contribution in [-0.2, 0) is 0 Å². The number of rotatable bonds is 1. The molecule has 2 aliphatic rings. The van der Waals surface area contributed by atoms with Gasteiger partial charge in [0, 0.05) is 6.54 Å². The minimum Gasteiger partial charge on any atom is -0.391 e. The third-order valence-electron chi connectivity index (χ3n) is 4.29. The van der Waals surface area contributed by atoms with Gasteiger partial charge >= 0.3 is 0 Å². The molecule has 1 aliphatic carbocycles. The fourth-order valence-electron chi connectivity index (χ4n) is 3.49. The molecular weight excluding hydrogens is 230 g/mol. The first-order valence-electron chi connectivity index (χ1n) is 6.43. The van der Waals surface area contributed by atoms with Crippen molar-refractivity contribution in [1.82, 2.24) is 19.9 Å². The van der Waals surface area contributed by atoms with Gasteiger partial charge in [-0.1, -0.05) is 0 Å². The SMILES string of the molecule is O[C@@H]1CC[C@@H]2CCN(c3ncnc4nc[nH]c34)[C@@H]21. The van der Waals surface area contributed by atoms with Gasteiger partial charge in [0.25, 0.3) is 0 Å². The third-order valence-corrected chi connectivity index (χ3v) is 4.29. The largest absolute Gasteiger partial charge is 0.391 e.